The number of nitrogens with one attached hydrogen (secondary N) is 1. The fraction of sp³-hybridized carbons (Fsp3) is 0.455. The number of aromatic nitrogens is 2. The van der Waals surface area contributed by atoms with Crippen molar-refractivity contribution in [2.24, 2.45) is 0 Å². The van der Waals surface area contributed by atoms with E-state index in [1.807, 2.05) is 18.4 Å². The minimum absolute atomic E-state index is 0.245. The molecule has 6 heteroatoms. The molecule has 17 heavy (non-hydrogen) atoms. The Morgan fingerprint density at radius 2 is 2.29 bits per heavy atom. The summed E-state index contributed by atoms with van der Waals surface area (Å²) < 4.78 is 0.964. The highest BCUT2D eigenvalue weighted by Crippen LogP contribution is 2.27. The predicted octanol–water partition coefficient (Wildman–Crippen LogP) is 1.85. The molecule has 92 valence electrons. The topological polar surface area (TPSA) is 84.1 Å². The van der Waals surface area contributed by atoms with Crippen molar-refractivity contribution in [2.75, 3.05) is 17.6 Å². The Hall–Kier alpha value is -1.40. The van der Waals surface area contributed by atoms with Gasteiger partial charge in [-0.15, -0.1) is 11.3 Å². The summed E-state index contributed by atoms with van der Waals surface area (Å²) in [5, 5.41) is 15.0. The van der Waals surface area contributed by atoms with Crippen molar-refractivity contribution in [3.05, 3.63) is 11.4 Å². The molecule has 0 bridgehead atoms. The van der Waals surface area contributed by atoms with Crippen LogP contribution in [0.1, 0.15) is 20.3 Å². The molecule has 2 aromatic rings. The number of anilines is 2. The van der Waals surface area contributed by atoms with Crippen molar-refractivity contribution in [3.8, 4) is 0 Å². The van der Waals surface area contributed by atoms with E-state index in [9.17, 15) is 5.11 Å². The van der Waals surface area contributed by atoms with Crippen molar-refractivity contribution < 1.29 is 5.11 Å². The monoisotopic (exact) mass is 252 g/mol. The average Bonchev–Trinajstić information content (AvgIpc) is 2.73. The molecule has 0 aliphatic rings. The summed E-state index contributed by atoms with van der Waals surface area (Å²) >= 11 is 1.56. The van der Waals surface area contributed by atoms with Crippen molar-refractivity contribution in [1.82, 2.24) is 9.97 Å². The summed E-state index contributed by atoms with van der Waals surface area (Å²) in [7, 11) is 0. The summed E-state index contributed by atoms with van der Waals surface area (Å²) in [6, 6.07) is 1.90. The van der Waals surface area contributed by atoms with Gasteiger partial charge in [0, 0.05) is 6.54 Å². The lowest BCUT2D eigenvalue weighted by molar-refractivity contribution is 0.0697. The molecule has 0 aliphatic carbocycles. The molecule has 2 rings (SSSR count). The van der Waals surface area contributed by atoms with Crippen LogP contribution in [-0.4, -0.2) is 27.2 Å². The van der Waals surface area contributed by atoms with Gasteiger partial charge in [-0.25, -0.2) is 4.98 Å². The second-order valence-corrected chi connectivity index (χ2v) is 5.19. The first-order chi connectivity index (χ1) is 8.02. The number of hydrogen-bond acceptors (Lipinski definition) is 6. The van der Waals surface area contributed by atoms with E-state index in [0.717, 1.165) is 10.2 Å². The Morgan fingerprint density at radius 1 is 1.53 bits per heavy atom. The number of thiophene rings is 1. The van der Waals surface area contributed by atoms with Crippen LogP contribution in [0.2, 0.25) is 0 Å². The summed E-state index contributed by atoms with van der Waals surface area (Å²) in [5.74, 6) is 0.936. The van der Waals surface area contributed by atoms with Crippen LogP contribution in [0.3, 0.4) is 0 Å². The lowest BCUT2D eigenvalue weighted by Crippen LogP contribution is -2.32. The molecular weight excluding hydrogens is 236 g/mol. The zero-order chi connectivity index (χ0) is 12.5. The van der Waals surface area contributed by atoms with Crippen LogP contribution in [0, 0.1) is 0 Å². The lowest BCUT2D eigenvalue weighted by Gasteiger charge is -2.22. The minimum atomic E-state index is -0.747. The smallest absolute Gasteiger partial charge is 0.222 e. The first kappa shape index (κ1) is 12.1. The number of nitrogen functional groups attached to an aromatic ring is 1. The van der Waals surface area contributed by atoms with Gasteiger partial charge in [0.05, 0.1) is 15.8 Å². The van der Waals surface area contributed by atoms with Gasteiger partial charge in [0.25, 0.3) is 0 Å². The van der Waals surface area contributed by atoms with Gasteiger partial charge in [0.1, 0.15) is 5.82 Å². The Labute approximate surface area is 104 Å². The molecule has 1 unspecified atom stereocenters. The van der Waals surface area contributed by atoms with Gasteiger partial charge in [0.15, 0.2) is 0 Å². The molecule has 0 aliphatic heterocycles. The Morgan fingerprint density at radius 3 is 3.00 bits per heavy atom. The highest BCUT2D eigenvalue weighted by molar-refractivity contribution is 7.17. The van der Waals surface area contributed by atoms with E-state index in [1.165, 1.54) is 0 Å². The molecule has 0 radical (unpaired) electrons. The van der Waals surface area contributed by atoms with Crippen molar-refractivity contribution in [2.45, 2.75) is 25.9 Å². The van der Waals surface area contributed by atoms with Crippen molar-refractivity contribution >= 4 is 33.3 Å². The van der Waals surface area contributed by atoms with Gasteiger partial charge < -0.3 is 16.2 Å². The van der Waals surface area contributed by atoms with E-state index in [-0.39, 0.29) is 5.95 Å². The van der Waals surface area contributed by atoms with Gasteiger partial charge in [-0.3, -0.25) is 0 Å². The summed E-state index contributed by atoms with van der Waals surface area (Å²) in [6.07, 6.45) is 0.675. The van der Waals surface area contributed by atoms with Crippen LogP contribution in [0.25, 0.3) is 10.2 Å². The molecule has 0 spiro atoms. The standard InChI is InChI=1S/C11H16N4OS/c1-3-11(2,16)6-13-9-8-7(4-5-17-8)14-10(12)15-9/h4-5,16H,3,6H2,1-2H3,(H3,12,13,14,15). The number of rotatable bonds is 4. The van der Waals surface area contributed by atoms with Crippen LogP contribution in [0.4, 0.5) is 11.8 Å². The molecule has 0 fully saturated rings. The van der Waals surface area contributed by atoms with Crippen LogP contribution < -0.4 is 11.1 Å². The highest BCUT2D eigenvalue weighted by Gasteiger charge is 2.18. The molecule has 2 aromatic heterocycles. The second-order valence-electron chi connectivity index (χ2n) is 4.27. The van der Waals surface area contributed by atoms with Crippen LogP contribution in [-0.2, 0) is 0 Å². The molecular formula is C11H16N4OS. The fourth-order valence-electron chi connectivity index (χ4n) is 1.40. The number of aliphatic hydroxyl groups is 1. The molecule has 0 saturated heterocycles. The van der Waals surface area contributed by atoms with Crippen molar-refractivity contribution in [1.29, 1.82) is 0 Å². The Bertz CT molecular complexity index is 523. The maximum Gasteiger partial charge on any atom is 0.222 e. The second kappa shape index (κ2) is 4.46. The summed E-state index contributed by atoms with van der Waals surface area (Å²) in [6.45, 7) is 4.17. The third-order valence-corrected chi connectivity index (χ3v) is 3.63. The predicted molar refractivity (Wildman–Crippen MR) is 71.2 cm³/mol. The third kappa shape index (κ3) is 2.65. The van der Waals surface area contributed by atoms with Gasteiger partial charge in [-0.2, -0.15) is 4.98 Å². The number of nitrogens with two attached hydrogens (primary N) is 1. The van der Waals surface area contributed by atoms with Crippen LogP contribution in [0.15, 0.2) is 11.4 Å². The zero-order valence-corrected chi connectivity index (χ0v) is 10.7. The fourth-order valence-corrected chi connectivity index (χ4v) is 2.20. The van der Waals surface area contributed by atoms with Crippen molar-refractivity contribution in [3.63, 3.8) is 0 Å². The van der Waals surface area contributed by atoms with E-state index < -0.39 is 5.60 Å². The molecule has 0 amide bonds. The zero-order valence-electron chi connectivity index (χ0n) is 9.90. The molecule has 0 saturated carbocycles. The maximum absolute atomic E-state index is 9.94. The maximum atomic E-state index is 9.94. The Balaban J connectivity index is 2.26. The van der Waals surface area contributed by atoms with E-state index in [2.05, 4.69) is 15.3 Å². The molecule has 1 atom stereocenters. The molecule has 0 aromatic carbocycles. The molecule has 2 heterocycles. The third-order valence-electron chi connectivity index (χ3n) is 2.72. The number of hydrogen-bond donors (Lipinski definition) is 3. The highest BCUT2D eigenvalue weighted by atomic mass is 32.1. The van der Waals surface area contributed by atoms with Crippen LogP contribution in [0.5, 0.6) is 0 Å². The van der Waals surface area contributed by atoms with Gasteiger partial charge in [0.2, 0.25) is 5.95 Å². The Kier molecular flexibility index (Phi) is 3.17. The van der Waals surface area contributed by atoms with Gasteiger partial charge >= 0.3 is 0 Å². The molecule has 5 nitrogen and oxygen atoms in total. The van der Waals surface area contributed by atoms with E-state index >= 15 is 0 Å². The molecule has 4 N–H and O–H groups in total. The average molecular weight is 252 g/mol. The quantitative estimate of drug-likeness (QED) is 0.773. The minimum Gasteiger partial charge on any atom is -0.388 e. The van der Waals surface area contributed by atoms with E-state index in [0.29, 0.717) is 18.8 Å². The van der Waals surface area contributed by atoms with E-state index in [1.54, 1.807) is 18.3 Å². The number of nitrogens with zero attached hydrogens (tertiary/aromatic N) is 2. The largest absolute Gasteiger partial charge is 0.388 e. The van der Waals surface area contributed by atoms with E-state index in [4.69, 9.17) is 5.73 Å². The lowest BCUT2D eigenvalue weighted by atomic mass is 10.0. The summed E-state index contributed by atoms with van der Waals surface area (Å²) in [4.78, 5) is 8.30. The normalized spacial score (nSPS) is 14.8. The first-order valence-corrected chi connectivity index (χ1v) is 6.37. The first-order valence-electron chi connectivity index (χ1n) is 5.49. The SMILES string of the molecule is CCC(C)(O)CNc1nc(N)nc2ccsc12. The summed E-state index contributed by atoms with van der Waals surface area (Å²) in [5.41, 5.74) is 5.72. The van der Waals surface area contributed by atoms with Crippen LogP contribution >= 0.6 is 11.3 Å². The van der Waals surface area contributed by atoms with Gasteiger partial charge in [-0.1, -0.05) is 6.92 Å². The van der Waals surface area contributed by atoms with Gasteiger partial charge in [-0.05, 0) is 24.8 Å². The number of fused-ring (bicyclic) bond motifs is 1.